The van der Waals surface area contributed by atoms with E-state index in [2.05, 4.69) is 24.3 Å². The molecular weight excluding hydrogens is 386 g/mol. The van der Waals surface area contributed by atoms with Crippen molar-refractivity contribution in [2.24, 2.45) is 0 Å². The monoisotopic (exact) mass is 420 g/mol. The van der Waals surface area contributed by atoms with Crippen molar-refractivity contribution in [1.29, 1.82) is 0 Å². The highest BCUT2D eigenvalue weighted by Crippen LogP contribution is 2.33. The molecule has 0 aliphatic carbocycles. The lowest BCUT2D eigenvalue weighted by atomic mass is 10.00. The average Bonchev–Trinajstić information content (AvgIpc) is 3.38. The Kier molecular flexibility index (Phi) is 4.64. The summed E-state index contributed by atoms with van der Waals surface area (Å²) in [4.78, 5) is 1.99. The first kappa shape index (κ1) is 15.1. The normalized spacial score (nSPS) is 21.2. The molecule has 31 heavy (non-hydrogen) atoms. The summed E-state index contributed by atoms with van der Waals surface area (Å²) in [5, 5.41) is 0. The van der Waals surface area contributed by atoms with E-state index in [1.165, 1.54) is 0 Å². The van der Waals surface area contributed by atoms with Crippen LogP contribution < -0.4 is 9.47 Å². The summed E-state index contributed by atoms with van der Waals surface area (Å²) in [5.74, 6) is 0.0899. The largest absolute Gasteiger partial charge is 0.454 e. The zero-order chi connectivity index (χ0) is 25.3. The predicted octanol–water partition coefficient (Wildman–Crippen LogP) is 5.23. The van der Waals surface area contributed by atoms with Gasteiger partial charge in [0.15, 0.2) is 11.5 Å². The van der Waals surface area contributed by atoms with Crippen LogP contribution in [0.1, 0.15) is 42.5 Å². The quantitative estimate of drug-likeness (QED) is 0.524. The molecule has 0 spiro atoms. The van der Waals surface area contributed by atoms with E-state index < -0.39 is 6.37 Å². The van der Waals surface area contributed by atoms with Crippen LogP contribution in [0.2, 0.25) is 0 Å². The van der Waals surface area contributed by atoms with Crippen LogP contribution in [0.15, 0.2) is 78.8 Å². The molecule has 1 saturated heterocycles. The smallest absolute Gasteiger partial charge is 0.231 e. The minimum absolute atomic E-state index is 0.00888. The van der Waals surface area contributed by atoms with Crippen LogP contribution in [0.25, 0.3) is 0 Å². The number of piperidine rings is 1. The number of hydrogen-bond acceptors (Lipinski definition) is 4. The zero-order valence-corrected chi connectivity index (χ0v) is 17.3. The van der Waals surface area contributed by atoms with Gasteiger partial charge >= 0.3 is 0 Å². The van der Waals surface area contributed by atoms with Crippen molar-refractivity contribution >= 4 is 0 Å². The van der Waals surface area contributed by atoms with Crippen LogP contribution >= 0.6 is 0 Å². The van der Waals surface area contributed by atoms with Gasteiger partial charge in [-0.15, -0.1) is 0 Å². The SMILES string of the molecule is [2H]c1c([2H])c(C([2H])([2H])CN2CCC[C@@H](OC(c3ccccc3)c3ccccc3)C2)c([2H])c2c1OCO2. The molecule has 3 aromatic rings. The molecule has 4 heteroatoms. The van der Waals surface area contributed by atoms with Crippen molar-refractivity contribution in [2.75, 3.05) is 26.4 Å². The average molecular weight is 421 g/mol. The summed E-state index contributed by atoms with van der Waals surface area (Å²) in [6, 6.07) is 19.4. The molecule has 1 fully saturated rings. The highest BCUT2D eigenvalue weighted by molar-refractivity contribution is 5.44. The van der Waals surface area contributed by atoms with Gasteiger partial charge < -0.3 is 19.1 Å². The Balaban J connectivity index is 1.35. The van der Waals surface area contributed by atoms with Gasteiger partial charge in [0, 0.05) is 15.8 Å². The second-order valence-corrected chi connectivity index (χ2v) is 7.83. The first-order valence-electron chi connectivity index (χ1n) is 13.2. The van der Waals surface area contributed by atoms with Gasteiger partial charge in [-0.05, 0) is 54.5 Å². The van der Waals surface area contributed by atoms with E-state index in [-0.39, 0.29) is 60.7 Å². The Hall–Kier alpha value is -2.82. The number of hydrogen-bond donors (Lipinski definition) is 0. The molecule has 2 aliphatic heterocycles. The maximum Gasteiger partial charge on any atom is 0.231 e. The van der Waals surface area contributed by atoms with E-state index >= 15 is 0 Å². The molecule has 0 saturated carbocycles. The number of likely N-dealkylation sites (tertiary alicyclic amines) is 1. The summed E-state index contributed by atoms with van der Waals surface area (Å²) in [6.45, 7) is 1.09. The van der Waals surface area contributed by atoms with E-state index in [0.29, 0.717) is 13.1 Å². The molecule has 5 rings (SSSR count). The fourth-order valence-corrected chi connectivity index (χ4v) is 4.07. The minimum Gasteiger partial charge on any atom is -0.454 e. The molecule has 0 unspecified atom stereocenters. The van der Waals surface area contributed by atoms with Gasteiger partial charge in [-0.3, -0.25) is 0 Å². The maximum atomic E-state index is 8.79. The third-order valence-corrected chi connectivity index (χ3v) is 5.63. The van der Waals surface area contributed by atoms with Crippen LogP contribution in [-0.4, -0.2) is 37.4 Å². The maximum absolute atomic E-state index is 8.79. The third kappa shape index (κ3) is 4.92. The standard InChI is InChI=1S/C27H29NO3/c1-3-8-22(9-4-1)27(23-10-5-2-6-11-23)31-24-12-7-16-28(19-24)17-15-21-13-14-25-26(18-21)30-20-29-25/h1-6,8-11,13-14,18,24,27H,7,12,15-17,19-20H2/t24-/m1/s1/i13D,14D,15D2,18D. The molecule has 3 aromatic carbocycles. The number of fused-ring (bicyclic) bond motifs is 1. The van der Waals surface area contributed by atoms with Gasteiger partial charge in [-0.25, -0.2) is 0 Å². The summed E-state index contributed by atoms with van der Waals surface area (Å²) in [6.07, 6.45) is -0.638. The van der Waals surface area contributed by atoms with Crippen molar-refractivity contribution in [3.8, 4) is 11.5 Å². The van der Waals surface area contributed by atoms with Crippen molar-refractivity contribution < 1.29 is 21.1 Å². The molecule has 0 amide bonds. The van der Waals surface area contributed by atoms with Gasteiger partial charge in [-0.2, -0.15) is 0 Å². The highest BCUT2D eigenvalue weighted by Gasteiger charge is 2.25. The number of rotatable bonds is 7. The van der Waals surface area contributed by atoms with Gasteiger partial charge in [0.1, 0.15) is 6.10 Å². The lowest BCUT2D eigenvalue weighted by molar-refractivity contribution is -0.0330. The fourth-order valence-electron chi connectivity index (χ4n) is 4.07. The van der Waals surface area contributed by atoms with Gasteiger partial charge in [0.25, 0.3) is 0 Å². The first-order valence-corrected chi connectivity index (χ1v) is 10.7. The predicted molar refractivity (Wildman–Crippen MR) is 122 cm³/mol. The second kappa shape index (κ2) is 9.54. The highest BCUT2D eigenvalue weighted by atomic mass is 16.7. The van der Waals surface area contributed by atoms with Crippen molar-refractivity contribution in [2.45, 2.75) is 31.4 Å². The Morgan fingerprint density at radius 2 is 1.71 bits per heavy atom. The van der Waals surface area contributed by atoms with E-state index in [4.69, 9.17) is 21.1 Å². The molecule has 0 bridgehead atoms. The van der Waals surface area contributed by atoms with Gasteiger partial charge in [0.2, 0.25) is 6.79 Å². The van der Waals surface area contributed by atoms with Gasteiger partial charge in [0.05, 0.1) is 10.2 Å². The minimum atomic E-state index is -2.02. The van der Waals surface area contributed by atoms with Crippen LogP contribution in [0, 0.1) is 0 Å². The van der Waals surface area contributed by atoms with Crippen molar-refractivity contribution in [3.63, 3.8) is 0 Å². The first-order chi connectivity index (χ1) is 17.3. The lowest BCUT2D eigenvalue weighted by Crippen LogP contribution is -2.41. The van der Waals surface area contributed by atoms with E-state index in [9.17, 15) is 0 Å². The fraction of sp³-hybridized carbons (Fsp3) is 0.333. The molecule has 0 N–H and O–H groups in total. The summed E-state index contributed by atoms with van der Waals surface area (Å²) >= 11 is 0. The summed E-state index contributed by atoms with van der Waals surface area (Å²) in [7, 11) is 0. The Morgan fingerprint density at radius 3 is 2.45 bits per heavy atom. The van der Waals surface area contributed by atoms with E-state index in [1.54, 1.807) is 0 Å². The van der Waals surface area contributed by atoms with Crippen LogP contribution in [0.4, 0.5) is 0 Å². The van der Waals surface area contributed by atoms with Crippen LogP contribution in [-0.2, 0) is 11.1 Å². The number of nitrogens with zero attached hydrogens (tertiary/aromatic N) is 1. The molecule has 0 radical (unpaired) electrons. The van der Waals surface area contributed by atoms with E-state index in [1.807, 2.05) is 41.3 Å². The summed E-state index contributed by atoms with van der Waals surface area (Å²) < 4.78 is 59.8. The van der Waals surface area contributed by atoms with Crippen LogP contribution in [0.3, 0.4) is 0 Å². The molecule has 0 aromatic heterocycles. The molecule has 160 valence electrons. The Morgan fingerprint density at radius 1 is 1.00 bits per heavy atom. The zero-order valence-electron chi connectivity index (χ0n) is 22.3. The molecule has 1 atom stereocenters. The molecule has 4 nitrogen and oxygen atoms in total. The molecule has 2 heterocycles. The van der Waals surface area contributed by atoms with Crippen molar-refractivity contribution in [3.05, 3.63) is 95.5 Å². The molecular formula is C27H29NO3. The Labute approximate surface area is 191 Å². The topological polar surface area (TPSA) is 30.9 Å². The second-order valence-electron chi connectivity index (χ2n) is 7.83. The van der Waals surface area contributed by atoms with E-state index in [0.717, 1.165) is 24.0 Å². The lowest BCUT2D eigenvalue weighted by Gasteiger charge is -2.35. The third-order valence-electron chi connectivity index (χ3n) is 5.63. The number of ether oxygens (including phenoxy) is 3. The Bertz CT molecular complexity index is 1170. The molecule has 2 aliphatic rings. The number of benzene rings is 3. The van der Waals surface area contributed by atoms with Crippen molar-refractivity contribution in [1.82, 2.24) is 4.90 Å². The van der Waals surface area contributed by atoms with Gasteiger partial charge in [-0.1, -0.05) is 66.7 Å². The van der Waals surface area contributed by atoms with Crippen LogP contribution in [0.5, 0.6) is 11.5 Å². The summed E-state index contributed by atoms with van der Waals surface area (Å²) in [5.41, 5.74) is 2.00.